The van der Waals surface area contributed by atoms with E-state index in [0.29, 0.717) is 0 Å². The molecule has 26 heavy (non-hydrogen) atoms. The molecule has 3 rings (SSSR count). The smallest absolute Gasteiger partial charge is 0.317 e. The Labute approximate surface area is 150 Å². The van der Waals surface area contributed by atoms with Crippen molar-refractivity contribution in [3.05, 3.63) is 0 Å². The van der Waals surface area contributed by atoms with Crippen molar-refractivity contribution in [3.63, 3.8) is 0 Å². The highest BCUT2D eigenvalue weighted by Crippen LogP contribution is 2.45. The zero-order valence-corrected chi connectivity index (χ0v) is 14.3. The summed E-state index contributed by atoms with van der Waals surface area (Å²) in [5, 5.41) is 36.7. The summed E-state index contributed by atoms with van der Waals surface area (Å²) in [6.07, 6.45) is 3.20. The molecule has 3 saturated carbocycles. The molecule has 0 radical (unpaired) electrons. The second-order valence-electron chi connectivity index (χ2n) is 7.04. The van der Waals surface area contributed by atoms with Gasteiger partial charge in [0.1, 0.15) is 0 Å². The fraction of sp³-hybridized carbons (Fsp3) is 0.750. The van der Waals surface area contributed by atoms with Gasteiger partial charge in [0.2, 0.25) is 0 Å². The van der Waals surface area contributed by atoms with Gasteiger partial charge in [-0.25, -0.2) is 0 Å². The molecule has 3 aliphatic rings. The van der Waals surface area contributed by atoms with E-state index in [2.05, 4.69) is 0 Å². The van der Waals surface area contributed by atoms with Gasteiger partial charge in [-0.3, -0.25) is 29.0 Å². The maximum absolute atomic E-state index is 11.2. The predicted molar refractivity (Wildman–Crippen MR) is 86.7 cm³/mol. The van der Waals surface area contributed by atoms with Gasteiger partial charge in [-0.2, -0.15) is 0 Å². The highest BCUT2D eigenvalue weighted by Gasteiger charge is 2.49. The van der Waals surface area contributed by atoms with Crippen LogP contribution in [0.5, 0.6) is 0 Å². The Morgan fingerprint density at radius 2 is 0.808 bits per heavy atom. The van der Waals surface area contributed by atoms with Gasteiger partial charge in [0.25, 0.3) is 0 Å². The van der Waals surface area contributed by atoms with Crippen LogP contribution in [0.4, 0.5) is 0 Å². The Morgan fingerprint density at radius 1 is 0.577 bits per heavy atom. The largest absolute Gasteiger partial charge is 0.480 e. The molecule has 0 heterocycles. The Balaban J connectivity index is 2.36. The van der Waals surface area contributed by atoms with Crippen LogP contribution in [0.2, 0.25) is 0 Å². The van der Waals surface area contributed by atoms with Crippen LogP contribution in [0.1, 0.15) is 25.7 Å². The number of carboxylic acids is 4. The number of hydrogen-bond donors (Lipinski definition) is 4. The number of rotatable bonds is 10. The lowest BCUT2D eigenvalue weighted by Crippen LogP contribution is -2.65. The molecule has 0 aliphatic heterocycles. The monoisotopic (exact) mass is 372 g/mol. The quantitative estimate of drug-likeness (QED) is 0.394. The summed E-state index contributed by atoms with van der Waals surface area (Å²) in [5.74, 6) is -4.64. The number of carbonyl (C=O) groups is 4. The average Bonchev–Trinajstić information content (AvgIpc) is 2.52. The van der Waals surface area contributed by atoms with Crippen LogP contribution >= 0.6 is 0 Å². The summed E-state index contributed by atoms with van der Waals surface area (Å²) in [4.78, 5) is 47.6. The molecule has 0 aromatic carbocycles. The Kier molecular flexibility index (Phi) is 6.54. The molecule has 2 unspecified atom stereocenters. The molecule has 2 atom stereocenters. The SMILES string of the molecule is O=C(O)CN(CC(=O)O)C1C2CCC(CC2)C1N(CC(=O)O)CC(=O)O. The van der Waals surface area contributed by atoms with Gasteiger partial charge in [-0.05, 0) is 37.5 Å². The molecule has 3 fully saturated rings. The van der Waals surface area contributed by atoms with Crippen molar-refractivity contribution in [1.29, 1.82) is 0 Å². The number of fused-ring (bicyclic) bond motifs is 3. The summed E-state index contributed by atoms with van der Waals surface area (Å²) in [7, 11) is 0. The van der Waals surface area contributed by atoms with Gasteiger partial charge in [0.15, 0.2) is 0 Å². The zero-order valence-electron chi connectivity index (χ0n) is 14.3. The second-order valence-corrected chi connectivity index (χ2v) is 7.04. The van der Waals surface area contributed by atoms with Gasteiger partial charge in [-0.15, -0.1) is 0 Å². The minimum absolute atomic E-state index is 0.0220. The van der Waals surface area contributed by atoms with E-state index in [0.717, 1.165) is 25.7 Å². The molecule has 146 valence electrons. The normalized spacial score (nSPS) is 27.6. The first-order valence-electron chi connectivity index (χ1n) is 8.54. The maximum Gasteiger partial charge on any atom is 0.317 e. The standard InChI is InChI=1S/C16H24N2O8/c19-11(20)5-17(6-12(21)22)15-9-1-2-10(4-3-9)16(15)18(7-13(23)24)8-14(25)26/h9-10,15-16H,1-8H2,(H,19,20)(H,21,22)(H,23,24)(H,25,26). The molecule has 3 aliphatic carbocycles. The highest BCUT2D eigenvalue weighted by molar-refractivity contribution is 5.73. The molecule has 0 amide bonds. The topological polar surface area (TPSA) is 156 Å². The van der Waals surface area contributed by atoms with Crippen molar-refractivity contribution in [3.8, 4) is 0 Å². The van der Waals surface area contributed by atoms with E-state index in [1.807, 2.05) is 0 Å². The van der Waals surface area contributed by atoms with E-state index in [1.54, 1.807) is 0 Å². The minimum atomic E-state index is -1.17. The van der Waals surface area contributed by atoms with E-state index in [1.165, 1.54) is 9.80 Å². The Morgan fingerprint density at radius 3 is 1.00 bits per heavy atom. The maximum atomic E-state index is 11.2. The van der Waals surface area contributed by atoms with Crippen LogP contribution in [0, 0.1) is 11.8 Å². The molecule has 0 saturated heterocycles. The van der Waals surface area contributed by atoms with Crippen LogP contribution in [0.3, 0.4) is 0 Å². The third kappa shape index (κ3) is 4.92. The molecule has 0 spiro atoms. The number of aliphatic carboxylic acids is 4. The minimum Gasteiger partial charge on any atom is -0.480 e. The highest BCUT2D eigenvalue weighted by atomic mass is 16.4. The van der Waals surface area contributed by atoms with Gasteiger partial charge < -0.3 is 20.4 Å². The summed E-state index contributed by atoms with van der Waals surface area (Å²) in [5.41, 5.74) is 0. The first-order chi connectivity index (χ1) is 12.2. The third-order valence-corrected chi connectivity index (χ3v) is 5.33. The lowest BCUT2D eigenvalue weighted by atomic mass is 9.63. The molecular weight excluding hydrogens is 348 g/mol. The molecule has 0 aromatic rings. The van der Waals surface area contributed by atoms with Crippen LogP contribution in [-0.2, 0) is 19.2 Å². The molecule has 10 heteroatoms. The Bertz CT molecular complexity index is 491. The second kappa shape index (κ2) is 8.45. The molecule has 0 aromatic heterocycles. The molecule has 4 N–H and O–H groups in total. The lowest BCUT2D eigenvalue weighted by Gasteiger charge is -2.55. The fourth-order valence-corrected chi connectivity index (χ4v) is 4.64. The molecule has 2 bridgehead atoms. The van der Waals surface area contributed by atoms with Crippen molar-refractivity contribution in [2.45, 2.75) is 37.8 Å². The van der Waals surface area contributed by atoms with Gasteiger partial charge in [-0.1, -0.05) is 0 Å². The summed E-state index contributed by atoms with van der Waals surface area (Å²) >= 11 is 0. The van der Waals surface area contributed by atoms with Gasteiger partial charge in [0.05, 0.1) is 26.2 Å². The molecular formula is C16H24N2O8. The van der Waals surface area contributed by atoms with Crippen molar-refractivity contribution in [1.82, 2.24) is 9.80 Å². The average molecular weight is 372 g/mol. The number of carboxylic acid groups (broad SMARTS) is 4. The van der Waals surface area contributed by atoms with Gasteiger partial charge >= 0.3 is 23.9 Å². The third-order valence-electron chi connectivity index (χ3n) is 5.33. The van der Waals surface area contributed by atoms with Crippen molar-refractivity contribution >= 4 is 23.9 Å². The van der Waals surface area contributed by atoms with Crippen molar-refractivity contribution < 1.29 is 39.6 Å². The fourth-order valence-electron chi connectivity index (χ4n) is 4.64. The van der Waals surface area contributed by atoms with Gasteiger partial charge in [0, 0.05) is 12.1 Å². The first kappa shape index (κ1) is 20.1. The van der Waals surface area contributed by atoms with E-state index in [9.17, 15) is 39.6 Å². The zero-order chi connectivity index (χ0) is 19.4. The van der Waals surface area contributed by atoms with Crippen LogP contribution < -0.4 is 0 Å². The lowest BCUT2D eigenvalue weighted by molar-refractivity contribution is -0.154. The first-order valence-corrected chi connectivity index (χ1v) is 8.54. The van der Waals surface area contributed by atoms with Crippen LogP contribution in [0.15, 0.2) is 0 Å². The van der Waals surface area contributed by atoms with E-state index >= 15 is 0 Å². The number of hydrogen-bond acceptors (Lipinski definition) is 6. The van der Waals surface area contributed by atoms with Crippen molar-refractivity contribution in [2.75, 3.05) is 26.2 Å². The molecule has 10 nitrogen and oxygen atoms in total. The van der Waals surface area contributed by atoms with E-state index in [-0.39, 0.29) is 11.8 Å². The van der Waals surface area contributed by atoms with E-state index in [4.69, 9.17) is 0 Å². The predicted octanol–water partition coefficient (Wildman–Crippen LogP) is -0.514. The summed E-state index contributed by atoms with van der Waals surface area (Å²) in [6.45, 7) is -1.93. The van der Waals surface area contributed by atoms with Crippen LogP contribution in [0.25, 0.3) is 0 Å². The Hall–Kier alpha value is -2.20. The van der Waals surface area contributed by atoms with Crippen molar-refractivity contribution in [2.24, 2.45) is 11.8 Å². The van der Waals surface area contributed by atoms with E-state index < -0.39 is 62.1 Å². The number of nitrogens with zero attached hydrogens (tertiary/aromatic N) is 2. The summed E-state index contributed by atoms with van der Waals surface area (Å²) < 4.78 is 0. The van der Waals surface area contributed by atoms with Crippen LogP contribution in [-0.4, -0.2) is 92.4 Å². The summed E-state index contributed by atoms with van der Waals surface area (Å²) in [6, 6.07) is -0.984.